The van der Waals surface area contributed by atoms with Gasteiger partial charge in [-0.05, 0) is 73.7 Å². The lowest BCUT2D eigenvalue weighted by atomic mass is 10.0. The molecule has 0 aromatic heterocycles. The molecule has 0 bridgehead atoms. The number of anilines is 2. The highest BCUT2D eigenvalue weighted by atomic mass is 32.2. The third-order valence-corrected chi connectivity index (χ3v) is 6.44. The fourth-order valence-corrected chi connectivity index (χ4v) is 4.27. The quantitative estimate of drug-likeness (QED) is 0.406. The lowest BCUT2D eigenvalue weighted by Crippen LogP contribution is -2.18. The molecule has 0 saturated heterocycles. The van der Waals surface area contributed by atoms with Gasteiger partial charge in [0.25, 0.3) is 0 Å². The Morgan fingerprint density at radius 2 is 2.07 bits per heavy atom. The van der Waals surface area contributed by atoms with Crippen LogP contribution in [0.3, 0.4) is 0 Å². The Bertz CT molecular complexity index is 913. The van der Waals surface area contributed by atoms with Gasteiger partial charge in [0.2, 0.25) is 11.8 Å². The molecule has 3 rings (SSSR count). The van der Waals surface area contributed by atoms with Gasteiger partial charge in [0.15, 0.2) is 0 Å². The molecule has 30 heavy (non-hydrogen) atoms. The maximum Gasteiger partial charge on any atom is 0.224 e. The second kappa shape index (κ2) is 10.5. The second-order valence-corrected chi connectivity index (χ2v) is 9.19. The minimum Gasteiger partial charge on any atom is -0.494 e. The summed E-state index contributed by atoms with van der Waals surface area (Å²) in [7, 11) is 0. The van der Waals surface area contributed by atoms with Gasteiger partial charge in [0.05, 0.1) is 6.61 Å². The molecule has 2 N–H and O–H groups in total. The number of carbonyl (C=O) groups is 2. The molecule has 2 aromatic carbocycles. The molecule has 160 valence electrons. The van der Waals surface area contributed by atoms with Crippen molar-refractivity contribution in [2.45, 2.75) is 63.0 Å². The molecule has 0 saturated carbocycles. The number of nitrogens with one attached hydrogen (secondary N) is 2. The zero-order valence-electron chi connectivity index (χ0n) is 17.9. The van der Waals surface area contributed by atoms with E-state index < -0.39 is 0 Å². The lowest BCUT2D eigenvalue weighted by molar-refractivity contribution is -0.117. The van der Waals surface area contributed by atoms with Crippen LogP contribution in [0, 0.1) is 6.92 Å². The van der Waals surface area contributed by atoms with Crippen LogP contribution in [0.15, 0.2) is 41.3 Å². The van der Waals surface area contributed by atoms with E-state index >= 15 is 0 Å². The van der Waals surface area contributed by atoms with Crippen LogP contribution < -0.4 is 15.4 Å². The first kappa shape index (κ1) is 22.2. The molecule has 0 radical (unpaired) electrons. The molecule has 0 fully saturated rings. The molecular weight excluding hydrogens is 396 g/mol. The summed E-state index contributed by atoms with van der Waals surface area (Å²) in [5.41, 5.74) is 3.90. The normalized spacial score (nSPS) is 13.9. The number of aryl methyl sites for hydroxylation is 2. The summed E-state index contributed by atoms with van der Waals surface area (Å²) in [4.78, 5) is 25.0. The molecule has 5 nitrogen and oxygen atoms in total. The molecule has 1 aliphatic rings. The van der Waals surface area contributed by atoms with Crippen molar-refractivity contribution in [1.82, 2.24) is 0 Å². The molecule has 1 heterocycles. The van der Waals surface area contributed by atoms with Crippen LogP contribution in [-0.4, -0.2) is 23.7 Å². The summed E-state index contributed by atoms with van der Waals surface area (Å²) in [6.07, 6.45) is 3.42. The Kier molecular flexibility index (Phi) is 7.80. The van der Waals surface area contributed by atoms with E-state index in [0.29, 0.717) is 31.1 Å². The summed E-state index contributed by atoms with van der Waals surface area (Å²) in [6.45, 7) is 6.91. The third-order valence-electron chi connectivity index (χ3n) is 5.17. The van der Waals surface area contributed by atoms with E-state index in [2.05, 4.69) is 36.6 Å². The minimum absolute atomic E-state index is 0.00261. The average Bonchev–Trinajstić information content (AvgIpc) is 2.73. The van der Waals surface area contributed by atoms with Crippen molar-refractivity contribution >= 4 is 35.0 Å². The topological polar surface area (TPSA) is 67.4 Å². The highest BCUT2D eigenvalue weighted by Gasteiger charge is 2.15. The summed E-state index contributed by atoms with van der Waals surface area (Å²) in [5, 5.41) is 6.45. The first-order valence-corrected chi connectivity index (χ1v) is 11.4. The van der Waals surface area contributed by atoms with Crippen LogP contribution in [0.2, 0.25) is 0 Å². The third kappa shape index (κ3) is 6.26. The van der Waals surface area contributed by atoms with E-state index in [-0.39, 0.29) is 11.8 Å². The van der Waals surface area contributed by atoms with Crippen molar-refractivity contribution in [3.05, 3.63) is 47.5 Å². The van der Waals surface area contributed by atoms with Crippen molar-refractivity contribution in [2.24, 2.45) is 0 Å². The van der Waals surface area contributed by atoms with E-state index in [0.717, 1.165) is 41.1 Å². The van der Waals surface area contributed by atoms with Crippen LogP contribution in [0.5, 0.6) is 5.75 Å². The van der Waals surface area contributed by atoms with E-state index in [1.165, 1.54) is 4.90 Å². The van der Waals surface area contributed by atoms with Crippen molar-refractivity contribution in [3.8, 4) is 5.75 Å². The van der Waals surface area contributed by atoms with E-state index in [1.807, 2.05) is 43.0 Å². The number of fused-ring (bicyclic) bond motifs is 1. The summed E-state index contributed by atoms with van der Waals surface area (Å²) < 4.78 is 5.79. The molecule has 0 aliphatic carbocycles. The summed E-state index contributed by atoms with van der Waals surface area (Å²) >= 11 is 1.86. The van der Waals surface area contributed by atoms with Gasteiger partial charge in [-0.1, -0.05) is 13.8 Å². The maximum absolute atomic E-state index is 12.3. The summed E-state index contributed by atoms with van der Waals surface area (Å²) in [6, 6.07) is 11.9. The van der Waals surface area contributed by atoms with Crippen LogP contribution in [0.25, 0.3) is 0 Å². The van der Waals surface area contributed by atoms with Gasteiger partial charge in [-0.3, -0.25) is 9.59 Å². The smallest absolute Gasteiger partial charge is 0.224 e. The molecule has 2 amide bonds. The molecule has 0 spiro atoms. The van der Waals surface area contributed by atoms with Crippen LogP contribution in [0.4, 0.5) is 11.4 Å². The standard InChI is InChI=1S/C24H30N2O3S/c1-4-17(3)30-20-9-11-21(16(2)14-20)25-23(27)6-5-13-29-19-8-10-22-18(15-19)7-12-24(28)26-22/h8-11,14-15,17H,4-7,12-13H2,1-3H3,(H,25,27)(H,26,28). The van der Waals surface area contributed by atoms with Crippen LogP contribution in [0.1, 0.15) is 50.7 Å². The number of carbonyl (C=O) groups excluding carboxylic acids is 2. The minimum atomic E-state index is -0.00261. The Morgan fingerprint density at radius 1 is 1.23 bits per heavy atom. The Hall–Kier alpha value is -2.47. The van der Waals surface area contributed by atoms with Crippen molar-refractivity contribution in [1.29, 1.82) is 0 Å². The molecule has 6 heteroatoms. The fraction of sp³-hybridized carbons (Fsp3) is 0.417. The Balaban J connectivity index is 1.42. The maximum atomic E-state index is 12.3. The number of rotatable bonds is 9. The van der Waals surface area contributed by atoms with Crippen molar-refractivity contribution in [2.75, 3.05) is 17.2 Å². The predicted octanol–water partition coefficient (Wildman–Crippen LogP) is 5.57. The van der Waals surface area contributed by atoms with E-state index in [9.17, 15) is 9.59 Å². The van der Waals surface area contributed by atoms with E-state index in [4.69, 9.17) is 4.74 Å². The van der Waals surface area contributed by atoms with Gasteiger partial charge in [-0.15, -0.1) is 11.8 Å². The highest BCUT2D eigenvalue weighted by molar-refractivity contribution is 7.99. The van der Waals surface area contributed by atoms with Crippen molar-refractivity contribution < 1.29 is 14.3 Å². The molecule has 1 atom stereocenters. The van der Waals surface area contributed by atoms with Crippen LogP contribution >= 0.6 is 11.8 Å². The number of thioether (sulfide) groups is 1. The molecule has 1 aliphatic heterocycles. The SMILES string of the molecule is CCC(C)Sc1ccc(NC(=O)CCCOc2ccc3c(c2)CCC(=O)N3)c(C)c1. The monoisotopic (exact) mass is 426 g/mol. The summed E-state index contributed by atoms with van der Waals surface area (Å²) in [5.74, 6) is 0.828. The predicted molar refractivity (Wildman–Crippen MR) is 124 cm³/mol. The van der Waals surface area contributed by atoms with Gasteiger partial charge in [0, 0.05) is 34.4 Å². The van der Waals surface area contributed by atoms with Crippen LogP contribution in [-0.2, 0) is 16.0 Å². The largest absolute Gasteiger partial charge is 0.494 e. The molecule has 1 unspecified atom stereocenters. The number of hydrogen-bond acceptors (Lipinski definition) is 4. The highest BCUT2D eigenvalue weighted by Crippen LogP contribution is 2.29. The number of hydrogen-bond donors (Lipinski definition) is 2. The van der Waals surface area contributed by atoms with Gasteiger partial charge in [-0.2, -0.15) is 0 Å². The molecular formula is C24H30N2O3S. The van der Waals surface area contributed by atoms with Gasteiger partial charge >= 0.3 is 0 Å². The first-order valence-electron chi connectivity index (χ1n) is 10.6. The fourth-order valence-electron chi connectivity index (χ4n) is 3.25. The van der Waals surface area contributed by atoms with Gasteiger partial charge in [-0.25, -0.2) is 0 Å². The van der Waals surface area contributed by atoms with Crippen molar-refractivity contribution in [3.63, 3.8) is 0 Å². The number of amides is 2. The zero-order valence-corrected chi connectivity index (χ0v) is 18.7. The molecule has 2 aromatic rings. The Morgan fingerprint density at radius 3 is 2.83 bits per heavy atom. The first-order chi connectivity index (χ1) is 14.4. The average molecular weight is 427 g/mol. The zero-order chi connectivity index (χ0) is 21.5. The van der Waals surface area contributed by atoms with Gasteiger partial charge < -0.3 is 15.4 Å². The lowest BCUT2D eigenvalue weighted by Gasteiger charge is -2.17. The number of benzene rings is 2. The second-order valence-electron chi connectivity index (χ2n) is 7.68. The Labute approximate surface area is 183 Å². The van der Waals surface area contributed by atoms with Gasteiger partial charge in [0.1, 0.15) is 5.75 Å². The number of ether oxygens (including phenoxy) is 1. The van der Waals surface area contributed by atoms with E-state index in [1.54, 1.807) is 0 Å².